The lowest BCUT2D eigenvalue weighted by Gasteiger charge is -2.24. The normalized spacial score (nSPS) is 27.2. The van der Waals surface area contributed by atoms with Crippen molar-refractivity contribution in [1.82, 2.24) is 10.6 Å². The van der Waals surface area contributed by atoms with Crippen LogP contribution in [0.3, 0.4) is 0 Å². The van der Waals surface area contributed by atoms with Crippen LogP contribution >= 0.6 is 11.6 Å². The zero-order chi connectivity index (χ0) is 11.7. The summed E-state index contributed by atoms with van der Waals surface area (Å²) in [5, 5.41) is 7.69. The zero-order valence-corrected chi connectivity index (χ0v) is 10.4. The minimum Gasteiger partial charge on any atom is -0.367 e. The average Bonchev–Trinajstić information content (AvgIpc) is 2.71. The number of piperidine rings is 1. The number of aliphatic imine (C=N–C) groups is 1. The van der Waals surface area contributed by atoms with Gasteiger partial charge in [-0.25, -0.2) is 0 Å². The molecule has 2 unspecified atom stereocenters. The van der Waals surface area contributed by atoms with Crippen molar-refractivity contribution < 1.29 is 0 Å². The minimum atomic E-state index is 0.463. The van der Waals surface area contributed by atoms with Crippen LogP contribution in [0.5, 0.6) is 0 Å². The lowest BCUT2D eigenvalue weighted by molar-refractivity contribution is 0.402. The van der Waals surface area contributed by atoms with Crippen molar-refractivity contribution >= 4 is 17.4 Å². The highest BCUT2D eigenvalue weighted by atomic mass is 35.5. The van der Waals surface area contributed by atoms with Crippen LogP contribution in [-0.2, 0) is 6.42 Å². The van der Waals surface area contributed by atoms with Crippen molar-refractivity contribution in [3.05, 3.63) is 34.9 Å². The number of amidine groups is 1. The molecule has 2 aliphatic heterocycles. The van der Waals surface area contributed by atoms with Crippen LogP contribution in [0.4, 0.5) is 0 Å². The number of hydrogen-bond donors (Lipinski definition) is 2. The van der Waals surface area contributed by atoms with Crippen LogP contribution in [0.25, 0.3) is 0 Å². The molecule has 90 valence electrons. The first-order valence-corrected chi connectivity index (χ1v) is 6.47. The van der Waals surface area contributed by atoms with Crippen LogP contribution in [-0.4, -0.2) is 31.0 Å². The predicted molar refractivity (Wildman–Crippen MR) is 70.8 cm³/mol. The molecule has 2 atom stereocenters. The molecule has 2 heterocycles. The molecule has 0 saturated carbocycles. The Hall–Kier alpha value is -1.06. The zero-order valence-electron chi connectivity index (χ0n) is 9.62. The van der Waals surface area contributed by atoms with Gasteiger partial charge in [0.1, 0.15) is 5.84 Å². The third-order valence-electron chi connectivity index (χ3n) is 3.38. The van der Waals surface area contributed by atoms with Crippen LogP contribution in [0.2, 0.25) is 5.02 Å². The Balaban J connectivity index is 1.70. The van der Waals surface area contributed by atoms with E-state index in [4.69, 9.17) is 16.6 Å². The van der Waals surface area contributed by atoms with E-state index in [-0.39, 0.29) is 0 Å². The Morgan fingerprint density at radius 2 is 2.35 bits per heavy atom. The van der Waals surface area contributed by atoms with Gasteiger partial charge in [-0.15, -0.1) is 0 Å². The lowest BCUT2D eigenvalue weighted by atomic mass is 10.0. The number of nitrogens with one attached hydrogen (secondary N) is 2. The van der Waals surface area contributed by atoms with E-state index in [1.807, 2.05) is 18.2 Å². The smallest absolute Gasteiger partial charge is 0.101 e. The first-order valence-electron chi connectivity index (χ1n) is 6.09. The quantitative estimate of drug-likeness (QED) is 0.836. The Bertz CT molecular complexity index is 444. The lowest BCUT2D eigenvalue weighted by Crippen LogP contribution is -2.48. The fourth-order valence-electron chi connectivity index (χ4n) is 2.53. The summed E-state index contributed by atoms with van der Waals surface area (Å²) in [5.41, 5.74) is 1.22. The van der Waals surface area contributed by atoms with Crippen molar-refractivity contribution in [2.24, 2.45) is 4.99 Å². The van der Waals surface area contributed by atoms with Crippen LogP contribution in [0.1, 0.15) is 12.0 Å². The van der Waals surface area contributed by atoms with Crippen molar-refractivity contribution in [3.8, 4) is 0 Å². The van der Waals surface area contributed by atoms with E-state index in [1.54, 1.807) is 0 Å². The molecule has 1 aromatic rings. The number of benzene rings is 1. The van der Waals surface area contributed by atoms with Gasteiger partial charge in [-0.3, -0.25) is 4.99 Å². The molecule has 3 rings (SSSR count). The van der Waals surface area contributed by atoms with Gasteiger partial charge in [0.15, 0.2) is 0 Å². The fraction of sp³-hybridized carbons (Fsp3) is 0.462. The van der Waals surface area contributed by atoms with Crippen molar-refractivity contribution in [2.45, 2.75) is 24.9 Å². The van der Waals surface area contributed by atoms with Gasteiger partial charge in [-0.05, 0) is 30.7 Å². The topological polar surface area (TPSA) is 36.4 Å². The molecule has 3 nitrogen and oxygen atoms in total. The monoisotopic (exact) mass is 249 g/mol. The number of halogens is 1. The summed E-state index contributed by atoms with van der Waals surface area (Å²) in [6.45, 7) is 2.10. The van der Waals surface area contributed by atoms with Crippen LogP contribution < -0.4 is 10.6 Å². The Morgan fingerprint density at radius 3 is 3.18 bits per heavy atom. The highest BCUT2D eigenvalue weighted by Crippen LogP contribution is 2.17. The maximum absolute atomic E-state index is 5.98. The van der Waals surface area contributed by atoms with Gasteiger partial charge < -0.3 is 10.6 Å². The second kappa shape index (κ2) is 4.67. The molecule has 4 heteroatoms. The Kier molecular flexibility index (Phi) is 3.04. The van der Waals surface area contributed by atoms with Crippen molar-refractivity contribution in [3.63, 3.8) is 0 Å². The third kappa shape index (κ3) is 2.45. The molecular formula is C13H16ClN3. The molecule has 0 radical (unpaired) electrons. The Labute approximate surface area is 106 Å². The number of fused-ring (bicyclic) bond motifs is 1. The first kappa shape index (κ1) is 11.1. The third-order valence-corrected chi connectivity index (χ3v) is 3.61. The van der Waals surface area contributed by atoms with Gasteiger partial charge in [0, 0.05) is 18.0 Å². The van der Waals surface area contributed by atoms with Gasteiger partial charge in [-0.1, -0.05) is 23.7 Å². The summed E-state index contributed by atoms with van der Waals surface area (Å²) in [5.74, 6) is 1.10. The number of rotatable bonds is 2. The molecule has 17 heavy (non-hydrogen) atoms. The van der Waals surface area contributed by atoms with Crippen LogP contribution in [0.15, 0.2) is 29.3 Å². The van der Waals surface area contributed by atoms with Gasteiger partial charge >= 0.3 is 0 Å². The highest BCUT2D eigenvalue weighted by molar-refractivity contribution is 6.30. The van der Waals surface area contributed by atoms with E-state index < -0.39 is 0 Å². The molecule has 2 aliphatic rings. The van der Waals surface area contributed by atoms with E-state index in [2.05, 4.69) is 16.7 Å². The first-order chi connectivity index (χ1) is 8.31. The van der Waals surface area contributed by atoms with Gasteiger partial charge in [0.25, 0.3) is 0 Å². The van der Waals surface area contributed by atoms with E-state index in [0.717, 1.165) is 36.8 Å². The summed E-state index contributed by atoms with van der Waals surface area (Å²) in [6.07, 6.45) is 1.99. The predicted octanol–water partition coefficient (Wildman–Crippen LogP) is 1.61. The summed E-state index contributed by atoms with van der Waals surface area (Å²) >= 11 is 5.98. The summed E-state index contributed by atoms with van der Waals surface area (Å²) in [7, 11) is 0. The van der Waals surface area contributed by atoms with Crippen LogP contribution in [0, 0.1) is 0 Å². The SMILES string of the molecule is Clc1cccc(CC2=NC3CCNCC3N2)c1. The van der Waals surface area contributed by atoms with E-state index >= 15 is 0 Å². The molecule has 0 spiro atoms. The van der Waals surface area contributed by atoms with E-state index in [1.165, 1.54) is 5.56 Å². The number of nitrogens with zero attached hydrogens (tertiary/aromatic N) is 1. The average molecular weight is 250 g/mol. The summed E-state index contributed by atoms with van der Waals surface area (Å²) in [6, 6.07) is 8.94. The van der Waals surface area contributed by atoms with E-state index in [9.17, 15) is 0 Å². The van der Waals surface area contributed by atoms with Gasteiger partial charge in [-0.2, -0.15) is 0 Å². The highest BCUT2D eigenvalue weighted by Gasteiger charge is 2.30. The second-order valence-electron chi connectivity index (χ2n) is 4.69. The molecule has 0 bridgehead atoms. The van der Waals surface area contributed by atoms with Crippen molar-refractivity contribution in [2.75, 3.05) is 13.1 Å². The molecule has 1 fully saturated rings. The fourth-order valence-corrected chi connectivity index (χ4v) is 2.75. The molecule has 1 saturated heterocycles. The maximum atomic E-state index is 5.98. The molecule has 2 N–H and O–H groups in total. The summed E-state index contributed by atoms with van der Waals surface area (Å²) < 4.78 is 0. The van der Waals surface area contributed by atoms with Crippen molar-refractivity contribution in [1.29, 1.82) is 0 Å². The van der Waals surface area contributed by atoms with Gasteiger partial charge in [0.05, 0.1) is 12.1 Å². The molecule has 0 aliphatic carbocycles. The molecule has 0 aromatic heterocycles. The molecule has 0 amide bonds. The Morgan fingerprint density at radius 1 is 1.41 bits per heavy atom. The standard InChI is InChI=1S/C13H16ClN3/c14-10-3-1-2-9(6-10)7-13-16-11-4-5-15-8-12(11)17-13/h1-3,6,11-12,15H,4-5,7-8H2,(H,16,17). The minimum absolute atomic E-state index is 0.463. The largest absolute Gasteiger partial charge is 0.367 e. The molecule has 1 aromatic carbocycles. The van der Waals surface area contributed by atoms with Gasteiger partial charge in [0.2, 0.25) is 0 Å². The summed E-state index contributed by atoms with van der Waals surface area (Å²) in [4.78, 5) is 4.76. The maximum Gasteiger partial charge on any atom is 0.101 e. The number of hydrogen-bond acceptors (Lipinski definition) is 3. The second-order valence-corrected chi connectivity index (χ2v) is 5.13. The molecular weight excluding hydrogens is 234 g/mol. The van der Waals surface area contributed by atoms with E-state index in [0.29, 0.717) is 12.1 Å².